The molecule has 0 radical (unpaired) electrons. The SMILES string of the molecule is Cc1ccc2c(c1)C(C)(c1ccccc1)c1c3c(c4c(oc5ccccc54)c1-2)-c1ccc(C)cc1C3(C)c1ccccc1. The van der Waals surface area contributed by atoms with Crippen molar-refractivity contribution in [1.82, 2.24) is 0 Å². The third-order valence-electron chi connectivity index (χ3n) is 10.5. The van der Waals surface area contributed by atoms with Crippen molar-refractivity contribution < 1.29 is 4.42 Å². The van der Waals surface area contributed by atoms with E-state index >= 15 is 0 Å². The minimum Gasteiger partial charge on any atom is -0.455 e. The van der Waals surface area contributed by atoms with Crippen LogP contribution in [0.3, 0.4) is 0 Å². The van der Waals surface area contributed by atoms with E-state index in [0.29, 0.717) is 0 Å². The van der Waals surface area contributed by atoms with Crippen LogP contribution in [0.15, 0.2) is 126 Å². The van der Waals surface area contributed by atoms with E-state index in [9.17, 15) is 0 Å². The van der Waals surface area contributed by atoms with Crippen LogP contribution in [-0.2, 0) is 10.8 Å². The Morgan fingerprint density at radius 3 is 1.58 bits per heavy atom. The molecule has 1 heteroatoms. The summed E-state index contributed by atoms with van der Waals surface area (Å²) in [6.07, 6.45) is 0. The van der Waals surface area contributed by atoms with Gasteiger partial charge >= 0.3 is 0 Å². The largest absolute Gasteiger partial charge is 0.455 e. The summed E-state index contributed by atoms with van der Waals surface area (Å²) in [6.45, 7) is 9.33. The number of fused-ring (bicyclic) bond motifs is 12. The quantitative estimate of drug-likeness (QED) is 0.208. The van der Waals surface area contributed by atoms with Gasteiger partial charge in [0.15, 0.2) is 0 Å². The van der Waals surface area contributed by atoms with Crippen LogP contribution in [-0.4, -0.2) is 0 Å². The maximum atomic E-state index is 6.95. The summed E-state index contributed by atoms with van der Waals surface area (Å²) < 4.78 is 6.95. The van der Waals surface area contributed by atoms with Gasteiger partial charge in [-0.25, -0.2) is 0 Å². The second kappa shape index (κ2) is 8.36. The van der Waals surface area contributed by atoms with Gasteiger partial charge in [-0.2, -0.15) is 0 Å². The molecule has 0 fully saturated rings. The van der Waals surface area contributed by atoms with E-state index in [0.717, 1.165) is 11.2 Å². The number of furan rings is 1. The Bertz CT molecular complexity index is 2270. The molecule has 0 saturated heterocycles. The first-order valence-electron chi connectivity index (χ1n) is 15.3. The van der Waals surface area contributed by atoms with Crippen molar-refractivity contribution in [3.8, 4) is 22.3 Å². The maximum absolute atomic E-state index is 6.95. The first-order chi connectivity index (χ1) is 20.9. The molecule has 206 valence electrons. The molecule has 6 aromatic carbocycles. The van der Waals surface area contributed by atoms with Gasteiger partial charge in [-0.3, -0.25) is 0 Å². The lowest BCUT2D eigenvalue weighted by molar-refractivity contribution is 0.646. The van der Waals surface area contributed by atoms with Crippen LogP contribution in [0.25, 0.3) is 44.2 Å². The van der Waals surface area contributed by atoms with Crippen molar-refractivity contribution >= 4 is 21.9 Å². The third-order valence-corrected chi connectivity index (χ3v) is 10.5. The van der Waals surface area contributed by atoms with Crippen LogP contribution in [0.2, 0.25) is 0 Å². The molecule has 9 rings (SSSR count). The topological polar surface area (TPSA) is 13.1 Å². The molecule has 7 aromatic rings. The number of aryl methyl sites for hydroxylation is 2. The minimum absolute atomic E-state index is 0.359. The zero-order valence-corrected chi connectivity index (χ0v) is 25.0. The molecule has 0 bridgehead atoms. The molecular weight excluding hydrogens is 520 g/mol. The molecule has 2 atom stereocenters. The van der Waals surface area contributed by atoms with Gasteiger partial charge in [0, 0.05) is 27.2 Å². The van der Waals surface area contributed by atoms with E-state index in [2.05, 4.69) is 149 Å². The predicted octanol–water partition coefficient (Wildman–Crippen LogP) is 10.9. The van der Waals surface area contributed by atoms with Gasteiger partial charge in [0.25, 0.3) is 0 Å². The fraction of sp³-hybridized carbons (Fsp3) is 0.143. The smallest absolute Gasteiger partial charge is 0.144 e. The predicted molar refractivity (Wildman–Crippen MR) is 178 cm³/mol. The van der Waals surface area contributed by atoms with E-state index in [1.165, 1.54) is 77.5 Å². The van der Waals surface area contributed by atoms with E-state index in [4.69, 9.17) is 4.42 Å². The zero-order chi connectivity index (χ0) is 29.1. The Morgan fingerprint density at radius 1 is 0.512 bits per heavy atom. The highest BCUT2D eigenvalue weighted by Crippen LogP contribution is 2.65. The second-order valence-corrected chi connectivity index (χ2v) is 12.9. The summed E-state index contributed by atoms with van der Waals surface area (Å²) in [5, 5.41) is 2.42. The van der Waals surface area contributed by atoms with Gasteiger partial charge < -0.3 is 4.42 Å². The molecular formula is C42H32O. The molecule has 2 aliphatic carbocycles. The summed E-state index contributed by atoms with van der Waals surface area (Å²) in [7, 11) is 0. The number of benzene rings is 6. The van der Waals surface area contributed by atoms with Crippen LogP contribution in [0.4, 0.5) is 0 Å². The Labute approximate surface area is 252 Å². The van der Waals surface area contributed by atoms with Gasteiger partial charge in [0.05, 0.1) is 0 Å². The standard InChI is InChI=1S/C42H32O/c1-25-19-21-29-32(23-25)41(3,27-13-7-5-8-14-27)38-35(29)36-31-17-11-12-18-34(31)43-40(36)37-30-22-20-26(2)24-33(30)42(4,39(37)38)28-15-9-6-10-16-28/h5-24H,1-4H3. The van der Waals surface area contributed by atoms with Gasteiger partial charge in [0.2, 0.25) is 0 Å². The van der Waals surface area contributed by atoms with E-state index in [-0.39, 0.29) is 10.8 Å². The molecule has 1 heterocycles. The fourth-order valence-corrected chi connectivity index (χ4v) is 8.48. The summed E-state index contributed by atoms with van der Waals surface area (Å²) in [5.74, 6) is 0. The average molecular weight is 553 g/mol. The Kier molecular flexibility index (Phi) is 4.80. The molecule has 0 saturated carbocycles. The summed E-state index contributed by atoms with van der Waals surface area (Å²) >= 11 is 0. The molecule has 2 unspecified atom stereocenters. The molecule has 0 spiro atoms. The third kappa shape index (κ3) is 2.97. The Balaban J connectivity index is 1.59. The van der Waals surface area contributed by atoms with Crippen molar-refractivity contribution in [3.63, 3.8) is 0 Å². The normalized spacial score (nSPS) is 19.8. The number of hydrogen-bond acceptors (Lipinski definition) is 1. The molecule has 0 amide bonds. The highest BCUT2D eigenvalue weighted by molar-refractivity contribution is 6.21. The maximum Gasteiger partial charge on any atom is 0.144 e. The van der Waals surface area contributed by atoms with Crippen molar-refractivity contribution in [1.29, 1.82) is 0 Å². The van der Waals surface area contributed by atoms with Crippen LogP contribution >= 0.6 is 0 Å². The number of para-hydroxylation sites is 1. The summed E-state index contributed by atoms with van der Waals surface area (Å²) in [6, 6.07) is 44.9. The monoisotopic (exact) mass is 552 g/mol. The lowest BCUT2D eigenvalue weighted by Crippen LogP contribution is -2.30. The van der Waals surface area contributed by atoms with E-state index in [1.54, 1.807) is 0 Å². The first-order valence-corrected chi connectivity index (χ1v) is 15.3. The van der Waals surface area contributed by atoms with Crippen LogP contribution < -0.4 is 0 Å². The highest BCUT2D eigenvalue weighted by atomic mass is 16.3. The molecule has 43 heavy (non-hydrogen) atoms. The molecule has 2 aliphatic rings. The van der Waals surface area contributed by atoms with Gasteiger partial charge in [0.1, 0.15) is 11.2 Å². The lowest BCUT2D eigenvalue weighted by atomic mass is 9.65. The van der Waals surface area contributed by atoms with Crippen LogP contribution in [0.1, 0.15) is 58.4 Å². The van der Waals surface area contributed by atoms with Crippen molar-refractivity contribution in [2.75, 3.05) is 0 Å². The molecule has 0 aliphatic heterocycles. The zero-order valence-electron chi connectivity index (χ0n) is 25.0. The van der Waals surface area contributed by atoms with Crippen LogP contribution in [0, 0.1) is 13.8 Å². The van der Waals surface area contributed by atoms with Gasteiger partial charge in [-0.15, -0.1) is 0 Å². The molecule has 0 N–H and O–H groups in total. The second-order valence-electron chi connectivity index (χ2n) is 12.9. The Hall–Kier alpha value is -4.88. The van der Waals surface area contributed by atoms with Crippen molar-refractivity contribution in [2.45, 2.75) is 38.5 Å². The van der Waals surface area contributed by atoms with E-state index in [1.807, 2.05) is 0 Å². The van der Waals surface area contributed by atoms with Crippen LogP contribution in [0.5, 0.6) is 0 Å². The lowest BCUT2D eigenvalue weighted by Gasteiger charge is -2.36. The van der Waals surface area contributed by atoms with Gasteiger partial charge in [-0.1, -0.05) is 126 Å². The average Bonchev–Trinajstić information content (AvgIpc) is 3.63. The molecule has 1 aromatic heterocycles. The van der Waals surface area contributed by atoms with Crippen molar-refractivity contribution in [2.24, 2.45) is 0 Å². The van der Waals surface area contributed by atoms with Gasteiger partial charge in [-0.05, 0) is 83.8 Å². The van der Waals surface area contributed by atoms with Crippen molar-refractivity contribution in [3.05, 3.63) is 166 Å². The fourth-order valence-electron chi connectivity index (χ4n) is 8.48. The molecule has 1 nitrogen and oxygen atoms in total. The minimum atomic E-state index is -0.373. The Morgan fingerprint density at radius 2 is 1.00 bits per heavy atom. The highest BCUT2D eigenvalue weighted by Gasteiger charge is 2.52. The summed E-state index contributed by atoms with van der Waals surface area (Å²) in [5.41, 5.74) is 17.1. The number of rotatable bonds is 2. The first kappa shape index (κ1) is 24.7. The van der Waals surface area contributed by atoms with E-state index < -0.39 is 0 Å². The summed E-state index contributed by atoms with van der Waals surface area (Å²) in [4.78, 5) is 0. The number of hydrogen-bond donors (Lipinski definition) is 0.